The molecule has 0 unspecified atom stereocenters. The van der Waals surface area contributed by atoms with Crippen LogP contribution in [0.3, 0.4) is 0 Å². The number of ether oxygens (including phenoxy) is 2. The van der Waals surface area contributed by atoms with E-state index in [1.54, 1.807) is 13.1 Å². The van der Waals surface area contributed by atoms with Crippen molar-refractivity contribution in [2.24, 2.45) is 0 Å². The molecule has 3 heterocycles. The maximum absolute atomic E-state index is 12.2. The standard InChI is InChI=1S/C16H20N4O4S/c1-11-19-20-16(24-11)25-10-15(21)18-13-9-22-7-5-14(13)23-8-12-4-2-3-6-17-12/h2-4,6,13-14H,5,7-10H2,1H3,(H,18,21)/t13-,14+/m1/s1. The average Bonchev–Trinajstić information content (AvgIpc) is 3.05. The first-order valence-electron chi connectivity index (χ1n) is 8.02. The van der Waals surface area contributed by atoms with E-state index in [1.807, 2.05) is 18.2 Å². The number of nitrogens with one attached hydrogen (secondary N) is 1. The zero-order chi connectivity index (χ0) is 17.5. The lowest BCUT2D eigenvalue weighted by atomic mass is 10.1. The molecule has 1 fully saturated rings. The number of hydrogen-bond donors (Lipinski definition) is 1. The summed E-state index contributed by atoms with van der Waals surface area (Å²) in [6.45, 7) is 3.17. The Morgan fingerprint density at radius 1 is 1.44 bits per heavy atom. The van der Waals surface area contributed by atoms with Crippen molar-refractivity contribution >= 4 is 17.7 Å². The van der Waals surface area contributed by atoms with Gasteiger partial charge in [-0.2, -0.15) is 0 Å². The highest BCUT2D eigenvalue weighted by atomic mass is 32.2. The van der Waals surface area contributed by atoms with Gasteiger partial charge >= 0.3 is 0 Å². The first kappa shape index (κ1) is 17.8. The van der Waals surface area contributed by atoms with Crippen molar-refractivity contribution in [2.45, 2.75) is 37.3 Å². The van der Waals surface area contributed by atoms with Crippen LogP contribution in [0.2, 0.25) is 0 Å². The minimum absolute atomic E-state index is 0.102. The summed E-state index contributed by atoms with van der Waals surface area (Å²) < 4.78 is 16.7. The van der Waals surface area contributed by atoms with Crippen molar-refractivity contribution in [1.82, 2.24) is 20.5 Å². The number of carbonyl (C=O) groups is 1. The summed E-state index contributed by atoms with van der Waals surface area (Å²) in [5, 5.41) is 10.9. The highest BCUT2D eigenvalue weighted by Crippen LogP contribution is 2.17. The van der Waals surface area contributed by atoms with Crippen molar-refractivity contribution in [2.75, 3.05) is 19.0 Å². The Bertz CT molecular complexity index is 682. The van der Waals surface area contributed by atoms with Gasteiger partial charge in [-0.3, -0.25) is 9.78 Å². The molecule has 1 aliphatic heterocycles. The smallest absolute Gasteiger partial charge is 0.277 e. The van der Waals surface area contributed by atoms with Gasteiger partial charge in [-0.1, -0.05) is 17.8 Å². The number of nitrogens with zero attached hydrogens (tertiary/aromatic N) is 3. The van der Waals surface area contributed by atoms with E-state index in [1.165, 1.54) is 11.8 Å². The van der Waals surface area contributed by atoms with Crippen LogP contribution >= 0.6 is 11.8 Å². The molecular formula is C16H20N4O4S. The Morgan fingerprint density at radius 2 is 2.36 bits per heavy atom. The van der Waals surface area contributed by atoms with E-state index in [9.17, 15) is 4.79 Å². The molecule has 0 bridgehead atoms. The zero-order valence-electron chi connectivity index (χ0n) is 13.9. The molecule has 134 valence electrons. The fourth-order valence-corrected chi connectivity index (χ4v) is 3.06. The third-order valence-electron chi connectivity index (χ3n) is 3.64. The number of carbonyl (C=O) groups excluding carboxylic acids is 1. The van der Waals surface area contributed by atoms with Crippen LogP contribution in [0.4, 0.5) is 0 Å². The number of amides is 1. The average molecular weight is 364 g/mol. The number of thioether (sulfide) groups is 1. The quantitative estimate of drug-likeness (QED) is 0.735. The number of aromatic nitrogens is 3. The van der Waals surface area contributed by atoms with Crippen LogP contribution in [0.15, 0.2) is 34.0 Å². The van der Waals surface area contributed by atoms with Gasteiger partial charge in [0.15, 0.2) is 0 Å². The highest BCUT2D eigenvalue weighted by molar-refractivity contribution is 7.99. The Balaban J connectivity index is 1.47. The third-order valence-corrected chi connectivity index (χ3v) is 4.46. The maximum Gasteiger partial charge on any atom is 0.277 e. The molecule has 0 saturated carbocycles. The summed E-state index contributed by atoms with van der Waals surface area (Å²) in [5.41, 5.74) is 0.862. The van der Waals surface area contributed by atoms with Crippen molar-refractivity contribution in [3.63, 3.8) is 0 Å². The number of pyridine rings is 1. The molecule has 0 aromatic carbocycles. The van der Waals surface area contributed by atoms with Crippen LogP contribution in [0.5, 0.6) is 0 Å². The van der Waals surface area contributed by atoms with Crippen LogP contribution in [-0.4, -0.2) is 52.2 Å². The Kier molecular flexibility index (Phi) is 6.37. The SMILES string of the molecule is Cc1nnc(SCC(=O)N[C@@H]2COCC[C@@H]2OCc2ccccn2)o1. The Hall–Kier alpha value is -1.97. The lowest BCUT2D eigenvalue weighted by Gasteiger charge is -2.32. The van der Waals surface area contributed by atoms with E-state index in [2.05, 4.69) is 20.5 Å². The van der Waals surface area contributed by atoms with Crippen LogP contribution in [0.1, 0.15) is 18.0 Å². The van der Waals surface area contributed by atoms with Gasteiger partial charge in [-0.05, 0) is 18.6 Å². The summed E-state index contributed by atoms with van der Waals surface area (Å²) in [7, 11) is 0. The monoisotopic (exact) mass is 364 g/mol. The summed E-state index contributed by atoms with van der Waals surface area (Å²) in [6.07, 6.45) is 2.36. The second-order valence-electron chi connectivity index (χ2n) is 5.58. The van der Waals surface area contributed by atoms with Gasteiger partial charge in [-0.15, -0.1) is 10.2 Å². The molecule has 2 atom stereocenters. The Labute approximate surface area is 149 Å². The zero-order valence-corrected chi connectivity index (χ0v) is 14.7. The summed E-state index contributed by atoms with van der Waals surface area (Å²) in [6, 6.07) is 5.51. The summed E-state index contributed by atoms with van der Waals surface area (Å²) in [4.78, 5) is 16.4. The van der Waals surface area contributed by atoms with E-state index in [-0.39, 0.29) is 23.8 Å². The molecule has 0 radical (unpaired) electrons. The molecule has 1 N–H and O–H groups in total. The van der Waals surface area contributed by atoms with E-state index in [4.69, 9.17) is 13.9 Å². The predicted molar refractivity (Wildman–Crippen MR) is 89.9 cm³/mol. The van der Waals surface area contributed by atoms with E-state index in [0.717, 1.165) is 12.1 Å². The molecule has 8 nitrogen and oxygen atoms in total. The van der Waals surface area contributed by atoms with Crippen LogP contribution in [0, 0.1) is 6.92 Å². The number of rotatable bonds is 7. The van der Waals surface area contributed by atoms with Crippen LogP contribution in [-0.2, 0) is 20.9 Å². The van der Waals surface area contributed by atoms with Gasteiger partial charge in [0.05, 0.1) is 36.8 Å². The van der Waals surface area contributed by atoms with Crippen molar-refractivity contribution in [3.8, 4) is 0 Å². The van der Waals surface area contributed by atoms with E-state index < -0.39 is 0 Å². The molecule has 2 aromatic heterocycles. The fraction of sp³-hybridized carbons (Fsp3) is 0.500. The van der Waals surface area contributed by atoms with Gasteiger partial charge in [0.2, 0.25) is 11.8 Å². The fourth-order valence-electron chi connectivity index (χ4n) is 2.44. The molecule has 9 heteroatoms. The van der Waals surface area contributed by atoms with Crippen LogP contribution in [0.25, 0.3) is 0 Å². The molecule has 2 aromatic rings. The number of aryl methyl sites for hydroxylation is 1. The molecule has 25 heavy (non-hydrogen) atoms. The van der Waals surface area contributed by atoms with Gasteiger partial charge in [-0.25, -0.2) is 0 Å². The largest absolute Gasteiger partial charge is 0.416 e. The van der Waals surface area contributed by atoms with Gasteiger partial charge in [0.1, 0.15) is 0 Å². The molecule has 0 aliphatic carbocycles. The van der Waals surface area contributed by atoms with Gasteiger partial charge in [0.25, 0.3) is 5.22 Å². The van der Waals surface area contributed by atoms with Crippen molar-refractivity contribution < 1.29 is 18.7 Å². The van der Waals surface area contributed by atoms with Crippen molar-refractivity contribution in [1.29, 1.82) is 0 Å². The van der Waals surface area contributed by atoms with Gasteiger partial charge in [0, 0.05) is 19.7 Å². The Morgan fingerprint density at radius 3 is 3.12 bits per heavy atom. The normalized spacial score (nSPS) is 20.4. The summed E-state index contributed by atoms with van der Waals surface area (Å²) in [5.74, 6) is 0.555. The second-order valence-corrected chi connectivity index (χ2v) is 6.51. The van der Waals surface area contributed by atoms with Crippen LogP contribution < -0.4 is 5.32 Å². The molecule has 1 amide bonds. The minimum atomic E-state index is -0.185. The molecule has 1 saturated heterocycles. The second kappa shape index (κ2) is 8.93. The first-order valence-corrected chi connectivity index (χ1v) is 9.01. The van der Waals surface area contributed by atoms with E-state index in [0.29, 0.717) is 30.9 Å². The van der Waals surface area contributed by atoms with E-state index >= 15 is 0 Å². The highest BCUT2D eigenvalue weighted by Gasteiger charge is 2.28. The topological polar surface area (TPSA) is 99.4 Å². The van der Waals surface area contributed by atoms with Crippen molar-refractivity contribution in [3.05, 3.63) is 36.0 Å². The lowest BCUT2D eigenvalue weighted by molar-refractivity contribution is -0.124. The molecule has 3 rings (SSSR count). The molecule has 1 aliphatic rings. The summed E-state index contributed by atoms with van der Waals surface area (Å²) >= 11 is 1.21. The minimum Gasteiger partial charge on any atom is -0.416 e. The maximum atomic E-state index is 12.2. The third kappa shape index (κ3) is 5.52. The molecule has 0 spiro atoms. The predicted octanol–water partition coefficient (Wildman–Crippen LogP) is 1.36. The molecular weight excluding hydrogens is 344 g/mol. The van der Waals surface area contributed by atoms with Gasteiger partial charge < -0.3 is 19.2 Å². The number of hydrogen-bond acceptors (Lipinski definition) is 8. The first-order chi connectivity index (χ1) is 12.2. The lowest BCUT2D eigenvalue weighted by Crippen LogP contribution is -2.51.